The van der Waals surface area contributed by atoms with Crippen LogP contribution in [0.25, 0.3) is 21.5 Å². The molecule has 3 aromatic carbocycles. The lowest BCUT2D eigenvalue weighted by Crippen LogP contribution is -2.10. The van der Waals surface area contributed by atoms with Crippen molar-refractivity contribution in [3.63, 3.8) is 0 Å². The zero-order valence-electron chi connectivity index (χ0n) is 12.0. The molecule has 0 saturated carbocycles. The number of halogens is 1. The van der Waals surface area contributed by atoms with Crippen LogP contribution < -0.4 is 5.73 Å². The van der Waals surface area contributed by atoms with E-state index in [1.165, 1.54) is 27.1 Å². The van der Waals surface area contributed by atoms with Crippen molar-refractivity contribution in [2.24, 2.45) is 5.73 Å². The molecule has 3 rings (SSSR count). The Balaban J connectivity index is 0.00000161. The van der Waals surface area contributed by atoms with Crippen LogP contribution in [0.5, 0.6) is 0 Å². The SMILES string of the molecule is C=CCC[C@H](N)c1cc2ccccc2c2ccccc12.Cl. The lowest BCUT2D eigenvalue weighted by molar-refractivity contribution is 0.667. The Morgan fingerprint density at radius 3 is 2.29 bits per heavy atom. The summed E-state index contributed by atoms with van der Waals surface area (Å²) in [5.74, 6) is 0. The van der Waals surface area contributed by atoms with E-state index in [1.807, 2.05) is 6.08 Å². The first-order valence-electron chi connectivity index (χ1n) is 7.08. The van der Waals surface area contributed by atoms with Crippen molar-refractivity contribution in [1.29, 1.82) is 0 Å². The van der Waals surface area contributed by atoms with Gasteiger partial charge in [0.25, 0.3) is 0 Å². The molecule has 1 atom stereocenters. The van der Waals surface area contributed by atoms with Crippen molar-refractivity contribution in [2.75, 3.05) is 0 Å². The third-order valence-corrected chi connectivity index (χ3v) is 3.88. The van der Waals surface area contributed by atoms with Crippen molar-refractivity contribution in [3.05, 3.63) is 72.8 Å². The van der Waals surface area contributed by atoms with Gasteiger partial charge in [0.05, 0.1) is 0 Å². The van der Waals surface area contributed by atoms with Crippen molar-refractivity contribution in [1.82, 2.24) is 0 Å². The molecule has 0 saturated heterocycles. The predicted molar refractivity (Wildman–Crippen MR) is 95.1 cm³/mol. The third kappa shape index (κ3) is 2.94. The van der Waals surface area contributed by atoms with E-state index >= 15 is 0 Å². The third-order valence-electron chi connectivity index (χ3n) is 3.88. The quantitative estimate of drug-likeness (QED) is 0.508. The van der Waals surface area contributed by atoms with Crippen LogP contribution in [0.3, 0.4) is 0 Å². The molecule has 21 heavy (non-hydrogen) atoms. The summed E-state index contributed by atoms with van der Waals surface area (Å²) >= 11 is 0. The lowest BCUT2D eigenvalue weighted by Gasteiger charge is -2.16. The summed E-state index contributed by atoms with van der Waals surface area (Å²) in [5, 5.41) is 5.11. The minimum Gasteiger partial charge on any atom is -0.324 e. The topological polar surface area (TPSA) is 26.0 Å². The van der Waals surface area contributed by atoms with E-state index in [0.717, 1.165) is 12.8 Å². The van der Waals surface area contributed by atoms with Crippen LogP contribution in [0.15, 0.2) is 67.3 Å². The maximum atomic E-state index is 6.39. The molecular formula is C19H20ClN. The normalized spacial score (nSPS) is 12.0. The van der Waals surface area contributed by atoms with Gasteiger partial charge in [0.2, 0.25) is 0 Å². The van der Waals surface area contributed by atoms with Gasteiger partial charge in [0.15, 0.2) is 0 Å². The van der Waals surface area contributed by atoms with E-state index < -0.39 is 0 Å². The number of benzene rings is 3. The van der Waals surface area contributed by atoms with Gasteiger partial charge in [0.1, 0.15) is 0 Å². The molecule has 0 bridgehead atoms. The van der Waals surface area contributed by atoms with Crippen LogP contribution in [0.1, 0.15) is 24.4 Å². The van der Waals surface area contributed by atoms with E-state index in [4.69, 9.17) is 5.73 Å². The second kappa shape index (κ2) is 6.75. The number of hydrogen-bond donors (Lipinski definition) is 1. The van der Waals surface area contributed by atoms with Gasteiger partial charge in [-0.25, -0.2) is 0 Å². The first-order valence-corrected chi connectivity index (χ1v) is 7.08. The number of nitrogens with two attached hydrogens (primary N) is 1. The largest absolute Gasteiger partial charge is 0.324 e. The summed E-state index contributed by atoms with van der Waals surface area (Å²) in [6.45, 7) is 3.78. The monoisotopic (exact) mass is 297 g/mol. The molecule has 0 unspecified atom stereocenters. The van der Waals surface area contributed by atoms with Crippen LogP contribution in [0.4, 0.5) is 0 Å². The zero-order chi connectivity index (χ0) is 13.9. The molecule has 1 nitrogen and oxygen atoms in total. The minimum atomic E-state index is 0. The summed E-state index contributed by atoms with van der Waals surface area (Å²) in [6.07, 6.45) is 3.82. The highest BCUT2D eigenvalue weighted by atomic mass is 35.5. The fraction of sp³-hybridized carbons (Fsp3) is 0.158. The first-order chi connectivity index (χ1) is 9.81. The van der Waals surface area contributed by atoms with Crippen molar-refractivity contribution in [3.8, 4) is 0 Å². The molecule has 108 valence electrons. The molecule has 0 aromatic heterocycles. The molecule has 0 aliphatic carbocycles. The molecule has 2 N–H and O–H groups in total. The van der Waals surface area contributed by atoms with Crippen molar-refractivity contribution in [2.45, 2.75) is 18.9 Å². The summed E-state index contributed by atoms with van der Waals surface area (Å²) in [6, 6.07) is 19.3. The lowest BCUT2D eigenvalue weighted by atomic mass is 9.92. The Kier molecular flexibility index (Phi) is 5.00. The van der Waals surface area contributed by atoms with Crippen LogP contribution >= 0.6 is 12.4 Å². The highest BCUT2D eigenvalue weighted by molar-refractivity contribution is 6.09. The maximum Gasteiger partial charge on any atom is 0.0304 e. The number of hydrogen-bond acceptors (Lipinski definition) is 1. The fourth-order valence-electron chi connectivity index (χ4n) is 2.84. The molecular weight excluding hydrogens is 278 g/mol. The Hall–Kier alpha value is -1.83. The van der Waals surface area contributed by atoms with Crippen LogP contribution in [0, 0.1) is 0 Å². The zero-order valence-corrected chi connectivity index (χ0v) is 12.8. The summed E-state index contributed by atoms with van der Waals surface area (Å²) in [7, 11) is 0. The van der Waals surface area contributed by atoms with Gasteiger partial charge in [-0.3, -0.25) is 0 Å². The smallest absolute Gasteiger partial charge is 0.0304 e. The van der Waals surface area contributed by atoms with Crippen molar-refractivity contribution >= 4 is 34.0 Å². The highest BCUT2D eigenvalue weighted by Crippen LogP contribution is 2.32. The maximum absolute atomic E-state index is 6.39. The Bertz CT molecular complexity index is 764. The second-order valence-electron chi connectivity index (χ2n) is 5.21. The van der Waals surface area contributed by atoms with Crippen LogP contribution in [-0.2, 0) is 0 Å². The van der Waals surface area contributed by atoms with Gasteiger partial charge in [-0.15, -0.1) is 19.0 Å². The van der Waals surface area contributed by atoms with E-state index in [1.54, 1.807) is 0 Å². The Morgan fingerprint density at radius 1 is 0.952 bits per heavy atom. The summed E-state index contributed by atoms with van der Waals surface area (Å²) in [4.78, 5) is 0. The van der Waals surface area contributed by atoms with E-state index in [9.17, 15) is 0 Å². The Labute approximate surface area is 131 Å². The molecule has 0 spiro atoms. The molecule has 0 radical (unpaired) electrons. The van der Waals surface area contributed by atoms with E-state index in [2.05, 4.69) is 61.2 Å². The van der Waals surface area contributed by atoms with Gasteiger partial charge in [-0.05, 0) is 46.0 Å². The highest BCUT2D eigenvalue weighted by Gasteiger charge is 2.11. The van der Waals surface area contributed by atoms with Gasteiger partial charge in [-0.1, -0.05) is 54.6 Å². The molecule has 3 aromatic rings. The van der Waals surface area contributed by atoms with Crippen LogP contribution in [0.2, 0.25) is 0 Å². The molecule has 0 fully saturated rings. The average Bonchev–Trinajstić information content (AvgIpc) is 2.52. The van der Waals surface area contributed by atoms with Crippen LogP contribution in [-0.4, -0.2) is 0 Å². The molecule has 0 aliphatic heterocycles. The van der Waals surface area contributed by atoms with Gasteiger partial charge >= 0.3 is 0 Å². The number of fused-ring (bicyclic) bond motifs is 3. The van der Waals surface area contributed by atoms with Gasteiger partial charge in [-0.2, -0.15) is 0 Å². The van der Waals surface area contributed by atoms with Crippen molar-refractivity contribution < 1.29 is 0 Å². The molecule has 0 amide bonds. The first kappa shape index (κ1) is 15.6. The molecule has 0 aliphatic rings. The second-order valence-corrected chi connectivity index (χ2v) is 5.21. The summed E-state index contributed by atoms with van der Waals surface area (Å²) < 4.78 is 0. The predicted octanol–water partition coefficient (Wildman–Crippen LogP) is 5.38. The average molecular weight is 298 g/mol. The van der Waals surface area contributed by atoms with Gasteiger partial charge in [0, 0.05) is 6.04 Å². The van der Waals surface area contributed by atoms with E-state index in [0.29, 0.717) is 0 Å². The fourth-order valence-corrected chi connectivity index (χ4v) is 2.84. The van der Waals surface area contributed by atoms with Gasteiger partial charge < -0.3 is 5.73 Å². The Morgan fingerprint density at radius 2 is 1.57 bits per heavy atom. The summed E-state index contributed by atoms with van der Waals surface area (Å²) in [5.41, 5.74) is 7.63. The minimum absolute atomic E-state index is 0. The number of allylic oxidation sites excluding steroid dienone is 1. The molecule has 2 heteroatoms. The van der Waals surface area contributed by atoms with E-state index in [-0.39, 0.29) is 18.4 Å². The standard InChI is InChI=1S/C19H19N.ClH/c1-2-3-12-19(20)18-13-14-8-4-5-9-15(14)16-10-6-7-11-17(16)18;/h2,4-11,13,19H,1,3,12,20H2;1H/t19-;/m0./s1. The number of rotatable bonds is 4. The molecule has 0 heterocycles.